The summed E-state index contributed by atoms with van der Waals surface area (Å²) in [7, 11) is 0. The van der Waals surface area contributed by atoms with E-state index in [1.165, 1.54) is 0 Å². The third kappa shape index (κ3) is 3.61. The molecule has 0 spiro atoms. The Hall–Kier alpha value is -1.33. The van der Waals surface area contributed by atoms with E-state index >= 15 is 0 Å². The summed E-state index contributed by atoms with van der Waals surface area (Å²) in [5, 5.41) is 4.95. The van der Waals surface area contributed by atoms with Crippen LogP contribution in [0.2, 0.25) is 5.02 Å². The van der Waals surface area contributed by atoms with Crippen molar-refractivity contribution in [3.05, 3.63) is 45.1 Å². The fourth-order valence-electron chi connectivity index (χ4n) is 1.78. The number of carbonyl (C=O) groups is 1. The zero-order valence-electron chi connectivity index (χ0n) is 11.2. The predicted molar refractivity (Wildman–Crippen MR) is 81.1 cm³/mol. The number of hydrogen-bond donors (Lipinski definition) is 0. The lowest BCUT2D eigenvalue weighted by atomic mass is 10.3. The lowest BCUT2D eigenvalue weighted by Crippen LogP contribution is -2.13. The molecule has 0 atom stereocenters. The molecule has 0 bridgehead atoms. The number of hydrogen-bond acceptors (Lipinski definition) is 3. The van der Waals surface area contributed by atoms with E-state index in [4.69, 9.17) is 16.3 Å². The molecule has 4 nitrogen and oxygen atoms in total. The summed E-state index contributed by atoms with van der Waals surface area (Å²) in [6.45, 7) is 4.36. The van der Waals surface area contributed by atoms with Crippen LogP contribution in [-0.2, 0) is 11.3 Å². The Labute approximate surface area is 130 Å². The van der Waals surface area contributed by atoms with Gasteiger partial charge in [0.05, 0.1) is 23.1 Å². The smallest absolute Gasteiger partial charge is 0.313 e. The number of halogens is 2. The van der Waals surface area contributed by atoms with Gasteiger partial charge >= 0.3 is 5.97 Å². The third-order valence-corrected chi connectivity index (χ3v) is 4.27. The summed E-state index contributed by atoms with van der Waals surface area (Å²) in [5.41, 5.74) is 1.91. The third-order valence-electron chi connectivity index (χ3n) is 2.87. The van der Waals surface area contributed by atoms with E-state index in [1.807, 2.05) is 13.8 Å². The van der Waals surface area contributed by atoms with Crippen molar-refractivity contribution in [1.29, 1.82) is 0 Å². The number of carbonyl (C=O) groups excluding carboxylic acids is 1. The van der Waals surface area contributed by atoms with Crippen molar-refractivity contribution in [1.82, 2.24) is 9.78 Å². The van der Waals surface area contributed by atoms with Crippen molar-refractivity contribution < 1.29 is 9.53 Å². The molecule has 2 rings (SSSR count). The van der Waals surface area contributed by atoms with Crippen LogP contribution in [0.25, 0.3) is 0 Å². The van der Waals surface area contributed by atoms with E-state index in [0.29, 0.717) is 17.3 Å². The van der Waals surface area contributed by atoms with Crippen LogP contribution < -0.4 is 4.74 Å². The number of esters is 1. The molecule has 0 fully saturated rings. The molecule has 0 radical (unpaired) electrons. The van der Waals surface area contributed by atoms with Crippen molar-refractivity contribution in [2.24, 2.45) is 0 Å². The van der Waals surface area contributed by atoms with E-state index in [9.17, 15) is 4.79 Å². The van der Waals surface area contributed by atoms with Crippen LogP contribution in [0.15, 0.2) is 28.7 Å². The molecule has 0 aliphatic heterocycles. The van der Waals surface area contributed by atoms with Crippen LogP contribution >= 0.6 is 27.5 Å². The van der Waals surface area contributed by atoms with Crippen LogP contribution in [0.4, 0.5) is 0 Å². The average molecular weight is 358 g/mol. The summed E-state index contributed by atoms with van der Waals surface area (Å²) in [6.07, 6.45) is 0.261. The fraction of sp³-hybridized carbons (Fsp3) is 0.286. The van der Waals surface area contributed by atoms with E-state index in [-0.39, 0.29) is 12.4 Å². The molecule has 0 saturated heterocycles. The number of ether oxygens (including phenoxy) is 1. The maximum Gasteiger partial charge on any atom is 0.313 e. The molecule has 0 amide bonds. The normalized spacial score (nSPS) is 10.6. The fourth-order valence-corrected chi connectivity index (χ4v) is 2.19. The molecule has 1 heterocycles. The summed E-state index contributed by atoms with van der Waals surface area (Å²) >= 11 is 9.22. The molecule has 0 unspecified atom stereocenters. The summed E-state index contributed by atoms with van der Waals surface area (Å²) in [4.78, 5) is 11.8. The topological polar surface area (TPSA) is 44.1 Å². The minimum Gasteiger partial charge on any atom is -0.426 e. The van der Waals surface area contributed by atoms with Crippen LogP contribution in [0.5, 0.6) is 5.75 Å². The van der Waals surface area contributed by atoms with E-state index in [1.54, 1.807) is 28.9 Å². The number of benzene rings is 1. The first-order chi connectivity index (χ1) is 9.47. The van der Waals surface area contributed by atoms with Gasteiger partial charge in [0.2, 0.25) is 0 Å². The second-order valence-electron chi connectivity index (χ2n) is 4.39. The zero-order valence-corrected chi connectivity index (χ0v) is 13.5. The lowest BCUT2D eigenvalue weighted by molar-refractivity contribution is -0.134. The Morgan fingerprint density at radius 2 is 2.00 bits per heavy atom. The second kappa shape index (κ2) is 6.41. The van der Waals surface area contributed by atoms with Crippen molar-refractivity contribution in [3.8, 4) is 5.75 Å². The highest BCUT2D eigenvalue weighted by molar-refractivity contribution is 9.10. The van der Waals surface area contributed by atoms with Crippen molar-refractivity contribution in [2.75, 3.05) is 0 Å². The predicted octanol–water partition coefficient (Wildman–Crippen LogP) is 3.91. The highest BCUT2D eigenvalue weighted by Gasteiger charge is 2.11. The lowest BCUT2D eigenvalue weighted by Gasteiger charge is -2.06. The molecule has 2 aromatic rings. The number of aryl methyl sites for hydroxylation is 2. The van der Waals surface area contributed by atoms with E-state index in [2.05, 4.69) is 21.0 Å². The molecule has 106 valence electrons. The first-order valence-corrected chi connectivity index (χ1v) is 7.30. The monoisotopic (exact) mass is 356 g/mol. The van der Waals surface area contributed by atoms with Gasteiger partial charge in [0.25, 0.3) is 0 Å². The SMILES string of the molecule is Cc1nn(CCC(=O)Oc2ccc(Cl)cc2)c(C)c1Br. The highest BCUT2D eigenvalue weighted by Crippen LogP contribution is 2.20. The van der Waals surface area contributed by atoms with Crippen molar-refractivity contribution >= 4 is 33.5 Å². The van der Waals surface area contributed by atoms with Gasteiger partial charge in [0.1, 0.15) is 5.75 Å². The Kier molecular flexibility index (Phi) is 4.83. The minimum atomic E-state index is -0.295. The average Bonchev–Trinajstić information content (AvgIpc) is 2.66. The van der Waals surface area contributed by atoms with Gasteiger partial charge in [0, 0.05) is 10.7 Å². The molecule has 0 saturated carbocycles. The quantitative estimate of drug-likeness (QED) is 0.615. The maximum atomic E-state index is 11.8. The van der Waals surface area contributed by atoms with Gasteiger partial charge in [-0.25, -0.2) is 0 Å². The molecule has 1 aromatic carbocycles. The van der Waals surface area contributed by atoms with E-state index in [0.717, 1.165) is 15.9 Å². The molecule has 0 aliphatic carbocycles. The maximum absolute atomic E-state index is 11.8. The number of aromatic nitrogens is 2. The first kappa shape index (κ1) is 15.1. The molecule has 1 aromatic heterocycles. The Morgan fingerprint density at radius 3 is 2.55 bits per heavy atom. The van der Waals surface area contributed by atoms with E-state index < -0.39 is 0 Å². The van der Waals surface area contributed by atoms with Gasteiger partial charge in [-0.15, -0.1) is 0 Å². The zero-order chi connectivity index (χ0) is 14.7. The number of nitrogens with zero attached hydrogens (tertiary/aromatic N) is 2. The molecule has 20 heavy (non-hydrogen) atoms. The highest BCUT2D eigenvalue weighted by atomic mass is 79.9. The summed E-state index contributed by atoms with van der Waals surface area (Å²) in [6, 6.07) is 6.70. The molecular formula is C14H14BrClN2O2. The van der Waals surface area contributed by atoms with Gasteiger partial charge in [-0.3, -0.25) is 9.48 Å². The number of rotatable bonds is 4. The van der Waals surface area contributed by atoms with Gasteiger partial charge in [-0.1, -0.05) is 11.6 Å². The van der Waals surface area contributed by atoms with Gasteiger partial charge in [-0.2, -0.15) is 5.10 Å². The Morgan fingerprint density at radius 1 is 1.35 bits per heavy atom. The molecular weight excluding hydrogens is 344 g/mol. The summed E-state index contributed by atoms with van der Waals surface area (Å²) in [5.74, 6) is 0.199. The molecule has 0 aliphatic rings. The molecule has 0 N–H and O–H groups in total. The van der Waals surface area contributed by atoms with Crippen LogP contribution in [0.3, 0.4) is 0 Å². The van der Waals surface area contributed by atoms with Crippen LogP contribution in [0.1, 0.15) is 17.8 Å². The minimum absolute atomic E-state index is 0.261. The van der Waals surface area contributed by atoms with Gasteiger partial charge < -0.3 is 4.74 Å². The summed E-state index contributed by atoms with van der Waals surface area (Å²) < 4.78 is 7.99. The Bertz CT molecular complexity index is 623. The van der Waals surface area contributed by atoms with Crippen molar-refractivity contribution in [2.45, 2.75) is 26.8 Å². The first-order valence-electron chi connectivity index (χ1n) is 6.13. The Balaban J connectivity index is 1.92. The van der Waals surface area contributed by atoms with Crippen molar-refractivity contribution in [3.63, 3.8) is 0 Å². The van der Waals surface area contributed by atoms with Crippen LogP contribution in [-0.4, -0.2) is 15.7 Å². The van der Waals surface area contributed by atoms with Gasteiger partial charge in [0.15, 0.2) is 0 Å². The van der Waals surface area contributed by atoms with Gasteiger partial charge in [-0.05, 0) is 54.0 Å². The molecule has 6 heteroatoms. The van der Waals surface area contributed by atoms with Crippen LogP contribution in [0, 0.1) is 13.8 Å². The second-order valence-corrected chi connectivity index (χ2v) is 5.62. The standard InChI is InChI=1S/C14H14BrClN2O2/c1-9-14(15)10(2)18(17-9)8-7-13(19)20-12-5-3-11(16)4-6-12/h3-6H,7-8H2,1-2H3. The largest absolute Gasteiger partial charge is 0.426 e.